The van der Waals surface area contributed by atoms with Crippen LogP contribution in [0.15, 0.2) is 72.8 Å². The van der Waals surface area contributed by atoms with E-state index in [1.807, 2.05) is 54.6 Å². The van der Waals surface area contributed by atoms with Crippen LogP contribution in [-0.4, -0.2) is 11.1 Å². The number of hydrogen-bond donors (Lipinski definition) is 3. The Bertz CT molecular complexity index is 845. The van der Waals surface area contributed by atoms with Crippen LogP contribution in [0.5, 0.6) is 0 Å². The number of aromatic carboxylic acids is 1. The van der Waals surface area contributed by atoms with Crippen LogP contribution in [0.25, 0.3) is 11.1 Å². The minimum Gasteiger partial charge on any atom is -0.478 e. The lowest BCUT2D eigenvalue weighted by Crippen LogP contribution is -2.02. The Kier molecular flexibility index (Phi) is 3.97. The number of anilines is 3. The smallest absolute Gasteiger partial charge is 0.335 e. The maximum Gasteiger partial charge on any atom is 0.335 e. The van der Waals surface area contributed by atoms with E-state index in [9.17, 15) is 4.79 Å². The van der Waals surface area contributed by atoms with Crippen molar-refractivity contribution in [2.45, 2.75) is 0 Å². The summed E-state index contributed by atoms with van der Waals surface area (Å²) >= 11 is 0. The first kappa shape index (κ1) is 14.7. The summed E-state index contributed by atoms with van der Waals surface area (Å²) in [6.45, 7) is 0. The van der Waals surface area contributed by atoms with E-state index in [2.05, 4.69) is 5.32 Å². The van der Waals surface area contributed by atoms with Gasteiger partial charge in [0.25, 0.3) is 0 Å². The van der Waals surface area contributed by atoms with Crippen LogP contribution in [0.1, 0.15) is 10.4 Å². The molecule has 0 bridgehead atoms. The highest BCUT2D eigenvalue weighted by Crippen LogP contribution is 2.32. The van der Waals surface area contributed by atoms with Gasteiger partial charge in [0.15, 0.2) is 0 Å². The molecule has 0 saturated carbocycles. The first-order valence-electron chi connectivity index (χ1n) is 7.19. The van der Waals surface area contributed by atoms with Crippen molar-refractivity contribution in [3.63, 3.8) is 0 Å². The van der Waals surface area contributed by atoms with Crippen molar-refractivity contribution >= 4 is 23.0 Å². The first-order chi connectivity index (χ1) is 11.1. The van der Waals surface area contributed by atoms with Gasteiger partial charge in [-0.25, -0.2) is 4.79 Å². The molecule has 0 atom stereocenters. The molecule has 0 radical (unpaired) electrons. The summed E-state index contributed by atoms with van der Waals surface area (Å²) in [4.78, 5) is 11.1. The molecule has 0 unspecified atom stereocenters. The van der Waals surface area contributed by atoms with Crippen LogP contribution in [0.2, 0.25) is 0 Å². The zero-order valence-corrected chi connectivity index (χ0v) is 12.4. The van der Waals surface area contributed by atoms with Gasteiger partial charge in [0, 0.05) is 11.3 Å². The number of nitrogens with one attached hydrogen (secondary N) is 1. The third-order valence-corrected chi connectivity index (χ3v) is 3.58. The maximum absolute atomic E-state index is 11.1. The van der Waals surface area contributed by atoms with Crippen molar-refractivity contribution in [2.75, 3.05) is 11.1 Å². The Morgan fingerprint density at radius 3 is 2.30 bits per heavy atom. The van der Waals surface area contributed by atoms with Crippen LogP contribution in [0.4, 0.5) is 17.1 Å². The number of nitrogen functional groups attached to an aromatic ring is 1. The lowest BCUT2D eigenvalue weighted by atomic mass is 10.0. The van der Waals surface area contributed by atoms with Crippen molar-refractivity contribution in [1.29, 1.82) is 0 Å². The van der Waals surface area contributed by atoms with E-state index in [0.717, 1.165) is 16.8 Å². The summed E-state index contributed by atoms with van der Waals surface area (Å²) in [5.74, 6) is -0.982. The maximum atomic E-state index is 11.1. The van der Waals surface area contributed by atoms with Crippen molar-refractivity contribution < 1.29 is 9.90 Å². The molecule has 0 aromatic heterocycles. The van der Waals surface area contributed by atoms with E-state index in [-0.39, 0.29) is 5.56 Å². The second kappa shape index (κ2) is 6.23. The van der Waals surface area contributed by atoms with Gasteiger partial charge in [-0.15, -0.1) is 0 Å². The molecule has 4 N–H and O–H groups in total. The highest BCUT2D eigenvalue weighted by atomic mass is 16.4. The molecule has 0 aliphatic heterocycles. The second-order valence-corrected chi connectivity index (χ2v) is 5.14. The number of hydrogen-bond acceptors (Lipinski definition) is 3. The molecule has 0 aliphatic carbocycles. The SMILES string of the molecule is Nc1ccc(C(=O)O)cc1Nc1ccccc1-c1ccccc1. The van der Waals surface area contributed by atoms with Crippen LogP contribution >= 0.6 is 0 Å². The third-order valence-electron chi connectivity index (χ3n) is 3.58. The number of carboxylic acid groups (broad SMARTS) is 1. The Balaban J connectivity index is 2.02. The van der Waals surface area contributed by atoms with E-state index >= 15 is 0 Å². The van der Waals surface area contributed by atoms with Gasteiger partial charge < -0.3 is 16.2 Å². The average Bonchev–Trinajstić information content (AvgIpc) is 2.58. The zero-order chi connectivity index (χ0) is 16.2. The van der Waals surface area contributed by atoms with Gasteiger partial charge in [-0.3, -0.25) is 0 Å². The number of carbonyl (C=O) groups is 1. The fraction of sp³-hybridized carbons (Fsp3) is 0. The largest absolute Gasteiger partial charge is 0.478 e. The summed E-state index contributed by atoms with van der Waals surface area (Å²) in [5.41, 5.74) is 10.2. The van der Waals surface area contributed by atoms with E-state index < -0.39 is 5.97 Å². The van der Waals surface area contributed by atoms with Crippen LogP contribution in [-0.2, 0) is 0 Å². The quantitative estimate of drug-likeness (QED) is 0.625. The average molecular weight is 304 g/mol. The van der Waals surface area contributed by atoms with Gasteiger partial charge in [-0.2, -0.15) is 0 Å². The fourth-order valence-electron chi connectivity index (χ4n) is 2.40. The van der Waals surface area contributed by atoms with Crippen LogP contribution < -0.4 is 11.1 Å². The van der Waals surface area contributed by atoms with Crippen molar-refractivity contribution in [2.24, 2.45) is 0 Å². The summed E-state index contributed by atoms with van der Waals surface area (Å²) < 4.78 is 0. The summed E-state index contributed by atoms with van der Waals surface area (Å²) in [5, 5.41) is 12.4. The van der Waals surface area contributed by atoms with E-state index in [1.54, 1.807) is 12.1 Å². The summed E-state index contributed by atoms with van der Waals surface area (Å²) in [6.07, 6.45) is 0. The van der Waals surface area contributed by atoms with Crippen molar-refractivity contribution in [1.82, 2.24) is 0 Å². The monoisotopic (exact) mass is 304 g/mol. The molecule has 0 amide bonds. The standard InChI is InChI=1S/C19H16N2O2/c20-16-11-10-14(19(22)23)12-18(16)21-17-9-5-4-8-15(17)13-6-2-1-3-7-13/h1-12,21H,20H2,(H,22,23). The molecule has 114 valence electrons. The van der Waals surface area contributed by atoms with E-state index in [0.29, 0.717) is 11.4 Å². The minimum absolute atomic E-state index is 0.193. The Labute approximate surface area is 134 Å². The highest BCUT2D eigenvalue weighted by Gasteiger charge is 2.09. The molecule has 0 aliphatic rings. The van der Waals surface area contributed by atoms with Crippen LogP contribution in [0, 0.1) is 0 Å². The van der Waals surface area contributed by atoms with Crippen molar-refractivity contribution in [3.8, 4) is 11.1 Å². The third kappa shape index (κ3) is 3.16. The molecule has 3 aromatic rings. The molecule has 23 heavy (non-hydrogen) atoms. The molecular weight excluding hydrogens is 288 g/mol. The van der Waals surface area contributed by atoms with E-state index in [4.69, 9.17) is 10.8 Å². The van der Waals surface area contributed by atoms with Gasteiger partial charge in [0.05, 0.1) is 16.9 Å². The molecule has 0 saturated heterocycles. The molecular formula is C19H16N2O2. The molecule has 3 aromatic carbocycles. The Morgan fingerprint density at radius 2 is 1.57 bits per heavy atom. The second-order valence-electron chi connectivity index (χ2n) is 5.14. The van der Waals surface area contributed by atoms with Crippen LogP contribution in [0.3, 0.4) is 0 Å². The number of nitrogens with two attached hydrogens (primary N) is 1. The number of rotatable bonds is 4. The van der Waals surface area contributed by atoms with Crippen molar-refractivity contribution in [3.05, 3.63) is 78.4 Å². The molecule has 4 heteroatoms. The van der Waals surface area contributed by atoms with Gasteiger partial charge >= 0.3 is 5.97 Å². The molecule has 0 spiro atoms. The predicted octanol–water partition coefficient (Wildman–Crippen LogP) is 4.38. The molecule has 4 nitrogen and oxygen atoms in total. The number of para-hydroxylation sites is 1. The number of benzene rings is 3. The van der Waals surface area contributed by atoms with Gasteiger partial charge in [0.2, 0.25) is 0 Å². The van der Waals surface area contributed by atoms with E-state index in [1.165, 1.54) is 6.07 Å². The fourth-order valence-corrected chi connectivity index (χ4v) is 2.40. The molecule has 3 rings (SSSR count). The highest BCUT2D eigenvalue weighted by molar-refractivity contribution is 5.92. The Hall–Kier alpha value is -3.27. The Morgan fingerprint density at radius 1 is 0.870 bits per heavy atom. The lowest BCUT2D eigenvalue weighted by Gasteiger charge is -2.14. The predicted molar refractivity (Wildman–Crippen MR) is 93.0 cm³/mol. The minimum atomic E-state index is -0.982. The normalized spacial score (nSPS) is 10.3. The summed E-state index contributed by atoms with van der Waals surface area (Å²) in [6, 6.07) is 22.4. The first-order valence-corrected chi connectivity index (χ1v) is 7.19. The topological polar surface area (TPSA) is 75.4 Å². The zero-order valence-electron chi connectivity index (χ0n) is 12.4. The van der Waals surface area contributed by atoms with Gasteiger partial charge in [-0.05, 0) is 29.8 Å². The lowest BCUT2D eigenvalue weighted by molar-refractivity contribution is 0.0697. The molecule has 0 heterocycles. The van der Waals surface area contributed by atoms with Gasteiger partial charge in [0.1, 0.15) is 0 Å². The van der Waals surface area contributed by atoms with Gasteiger partial charge in [-0.1, -0.05) is 48.5 Å². The number of carboxylic acids is 1. The molecule has 0 fully saturated rings. The summed E-state index contributed by atoms with van der Waals surface area (Å²) in [7, 11) is 0.